The van der Waals surface area contributed by atoms with Gasteiger partial charge >= 0.3 is 5.97 Å². The highest BCUT2D eigenvalue weighted by atomic mass is 16.5. The molecular weight excluding hydrogens is 304 g/mol. The Balaban J connectivity index is 2.20. The van der Waals surface area contributed by atoms with E-state index in [-0.39, 0.29) is 11.6 Å². The van der Waals surface area contributed by atoms with Crippen molar-refractivity contribution in [2.45, 2.75) is 71.1 Å². The fourth-order valence-electron chi connectivity index (χ4n) is 2.57. The lowest BCUT2D eigenvalue weighted by Crippen LogP contribution is -2.16. The molecule has 1 rings (SSSR count). The van der Waals surface area contributed by atoms with Crippen LogP contribution in [-0.4, -0.2) is 24.0 Å². The van der Waals surface area contributed by atoms with Gasteiger partial charge in [0, 0.05) is 12.6 Å². The number of esters is 1. The number of carbonyl (C=O) groups excluding carboxylic acids is 2. The van der Waals surface area contributed by atoms with Gasteiger partial charge in [-0.15, -0.1) is 0 Å². The maximum absolute atomic E-state index is 12.0. The molecule has 0 fully saturated rings. The third-order valence-corrected chi connectivity index (χ3v) is 3.97. The van der Waals surface area contributed by atoms with Crippen molar-refractivity contribution in [3.05, 3.63) is 24.0 Å². The first-order chi connectivity index (χ1) is 11.7. The highest BCUT2D eigenvalue weighted by Crippen LogP contribution is 2.15. The van der Waals surface area contributed by atoms with Crippen LogP contribution in [0.1, 0.15) is 81.6 Å². The average molecular weight is 334 g/mol. The lowest BCUT2D eigenvalue weighted by molar-refractivity contribution is -0.116. The zero-order valence-electron chi connectivity index (χ0n) is 15.0. The Morgan fingerprint density at radius 3 is 2.29 bits per heavy atom. The Hall–Kier alpha value is -1.91. The molecule has 24 heavy (non-hydrogen) atoms. The van der Waals surface area contributed by atoms with E-state index >= 15 is 0 Å². The largest absolute Gasteiger partial charge is 0.464 e. The standard InChI is InChI=1S/C19H30N2O3/c1-3-4-5-6-7-8-9-10-11-14-17(22)21-16-13-12-15-20-18(16)19(23)24-2/h12-13,15H,3-11,14H2,1-2H3,(H,21,22). The Kier molecular flexibility index (Phi) is 10.5. The number of nitrogens with one attached hydrogen (secondary N) is 1. The second-order valence-electron chi connectivity index (χ2n) is 6.02. The van der Waals surface area contributed by atoms with Gasteiger partial charge in [0.1, 0.15) is 0 Å². The molecule has 0 atom stereocenters. The molecule has 5 heteroatoms. The van der Waals surface area contributed by atoms with Crippen molar-refractivity contribution in [1.82, 2.24) is 4.98 Å². The van der Waals surface area contributed by atoms with Crippen LogP contribution in [0.25, 0.3) is 0 Å². The molecule has 5 nitrogen and oxygen atoms in total. The lowest BCUT2D eigenvalue weighted by Gasteiger charge is -2.08. The van der Waals surface area contributed by atoms with Crippen LogP contribution < -0.4 is 5.32 Å². The monoisotopic (exact) mass is 334 g/mol. The SMILES string of the molecule is CCCCCCCCCCCC(=O)Nc1cccnc1C(=O)OC. The van der Waals surface area contributed by atoms with Gasteiger partial charge in [0.05, 0.1) is 12.8 Å². The number of unbranched alkanes of at least 4 members (excludes halogenated alkanes) is 8. The number of carbonyl (C=O) groups is 2. The molecule has 0 bridgehead atoms. The summed E-state index contributed by atoms with van der Waals surface area (Å²) >= 11 is 0. The number of hydrogen-bond acceptors (Lipinski definition) is 4. The van der Waals surface area contributed by atoms with Gasteiger partial charge < -0.3 is 10.1 Å². The molecule has 1 N–H and O–H groups in total. The number of ether oxygens (including phenoxy) is 1. The van der Waals surface area contributed by atoms with Crippen molar-refractivity contribution < 1.29 is 14.3 Å². The minimum Gasteiger partial charge on any atom is -0.464 e. The van der Waals surface area contributed by atoms with Gasteiger partial charge in [-0.1, -0.05) is 58.3 Å². The van der Waals surface area contributed by atoms with Crippen molar-refractivity contribution in [2.75, 3.05) is 12.4 Å². The van der Waals surface area contributed by atoms with Crippen molar-refractivity contribution in [3.63, 3.8) is 0 Å². The van der Waals surface area contributed by atoms with Crippen molar-refractivity contribution in [2.24, 2.45) is 0 Å². The van der Waals surface area contributed by atoms with Crippen molar-refractivity contribution in [3.8, 4) is 0 Å². The normalized spacial score (nSPS) is 10.4. The van der Waals surface area contributed by atoms with Crippen LogP contribution in [0.5, 0.6) is 0 Å². The topological polar surface area (TPSA) is 68.3 Å². The maximum Gasteiger partial charge on any atom is 0.358 e. The molecule has 1 aromatic rings. The first-order valence-electron chi connectivity index (χ1n) is 9.02. The summed E-state index contributed by atoms with van der Waals surface area (Å²) in [6, 6.07) is 3.34. The third-order valence-electron chi connectivity index (χ3n) is 3.97. The van der Waals surface area contributed by atoms with Crippen LogP contribution in [0, 0.1) is 0 Å². The number of methoxy groups -OCH3 is 1. The fourth-order valence-corrected chi connectivity index (χ4v) is 2.57. The third kappa shape index (κ3) is 8.09. The van der Waals surface area contributed by atoms with E-state index in [1.165, 1.54) is 58.3 Å². The quantitative estimate of drug-likeness (QED) is 0.443. The summed E-state index contributed by atoms with van der Waals surface area (Å²) in [5.74, 6) is -0.634. The van der Waals surface area contributed by atoms with Crippen LogP contribution in [0.15, 0.2) is 18.3 Å². The molecule has 1 amide bonds. The zero-order valence-corrected chi connectivity index (χ0v) is 15.0. The molecular formula is C19H30N2O3. The Morgan fingerprint density at radius 2 is 1.67 bits per heavy atom. The molecule has 0 unspecified atom stereocenters. The summed E-state index contributed by atoms with van der Waals surface area (Å²) in [6.45, 7) is 2.23. The van der Waals surface area contributed by atoms with Crippen molar-refractivity contribution in [1.29, 1.82) is 0 Å². The number of pyridine rings is 1. The number of nitrogens with zero attached hydrogens (tertiary/aromatic N) is 1. The molecule has 0 aromatic carbocycles. The molecule has 0 aliphatic carbocycles. The zero-order chi connectivity index (χ0) is 17.6. The van der Waals surface area contributed by atoms with E-state index in [4.69, 9.17) is 0 Å². The average Bonchev–Trinajstić information content (AvgIpc) is 2.60. The van der Waals surface area contributed by atoms with Crippen LogP contribution in [-0.2, 0) is 9.53 Å². The lowest BCUT2D eigenvalue weighted by atomic mass is 10.1. The molecule has 134 valence electrons. The van der Waals surface area contributed by atoms with Gasteiger partial charge in [-0.25, -0.2) is 9.78 Å². The predicted molar refractivity (Wildman–Crippen MR) is 96.1 cm³/mol. The van der Waals surface area contributed by atoms with Gasteiger partial charge in [0.2, 0.25) is 5.91 Å². The van der Waals surface area contributed by atoms with Gasteiger partial charge in [0.15, 0.2) is 5.69 Å². The second kappa shape index (κ2) is 12.5. The van der Waals surface area contributed by atoms with E-state index in [9.17, 15) is 9.59 Å². The minimum absolute atomic E-state index is 0.0869. The molecule has 0 saturated heterocycles. The molecule has 0 aliphatic rings. The van der Waals surface area contributed by atoms with Crippen LogP contribution in [0.2, 0.25) is 0 Å². The van der Waals surface area contributed by atoms with E-state index in [1.54, 1.807) is 12.1 Å². The van der Waals surface area contributed by atoms with Gasteiger partial charge in [-0.2, -0.15) is 0 Å². The van der Waals surface area contributed by atoms with E-state index in [0.717, 1.165) is 12.8 Å². The first kappa shape index (κ1) is 20.1. The summed E-state index contributed by atoms with van der Waals surface area (Å²) in [6.07, 6.45) is 12.9. The van der Waals surface area contributed by atoms with E-state index < -0.39 is 5.97 Å². The Bertz CT molecular complexity index is 503. The first-order valence-corrected chi connectivity index (χ1v) is 9.02. The second-order valence-corrected chi connectivity index (χ2v) is 6.02. The highest BCUT2D eigenvalue weighted by Gasteiger charge is 2.14. The predicted octanol–water partition coefficient (Wildman–Crippen LogP) is 4.73. The number of rotatable bonds is 12. The van der Waals surface area contributed by atoms with Crippen LogP contribution >= 0.6 is 0 Å². The maximum atomic E-state index is 12.0. The van der Waals surface area contributed by atoms with Crippen LogP contribution in [0.4, 0.5) is 5.69 Å². The number of aromatic nitrogens is 1. The van der Waals surface area contributed by atoms with Gasteiger partial charge in [0.25, 0.3) is 0 Å². The molecule has 1 heterocycles. The molecule has 1 aromatic heterocycles. The van der Waals surface area contributed by atoms with Crippen molar-refractivity contribution >= 4 is 17.6 Å². The summed E-state index contributed by atoms with van der Waals surface area (Å²) < 4.78 is 4.67. The van der Waals surface area contributed by atoms with Gasteiger partial charge in [-0.05, 0) is 18.6 Å². The number of anilines is 1. The van der Waals surface area contributed by atoms with Gasteiger partial charge in [-0.3, -0.25) is 4.79 Å². The molecule has 0 radical (unpaired) electrons. The fraction of sp³-hybridized carbons (Fsp3) is 0.632. The number of amides is 1. The Labute approximate surface area is 145 Å². The molecule has 0 saturated carbocycles. The highest BCUT2D eigenvalue weighted by molar-refractivity contribution is 5.99. The van der Waals surface area contributed by atoms with E-state index in [0.29, 0.717) is 12.1 Å². The number of hydrogen-bond donors (Lipinski definition) is 1. The van der Waals surface area contributed by atoms with E-state index in [1.807, 2.05) is 0 Å². The molecule has 0 spiro atoms. The van der Waals surface area contributed by atoms with E-state index in [2.05, 4.69) is 22.0 Å². The minimum atomic E-state index is -0.547. The Morgan fingerprint density at radius 1 is 1.04 bits per heavy atom. The summed E-state index contributed by atoms with van der Waals surface area (Å²) in [7, 11) is 1.30. The van der Waals surface area contributed by atoms with Crippen LogP contribution in [0.3, 0.4) is 0 Å². The summed E-state index contributed by atoms with van der Waals surface area (Å²) in [4.78, 5) is 27.6. The smallest absolute Gasteiger partial charge is 0.358 e. The summed E-state index contributed by atoms with van der Waals surface area (Å²) in [5, 5.41) is 2.75. The molecule has 0 aliphatic heterocycles. The summed E-state index contributed by atoms with van der Waals surface area (Å²) in [5.41, 5.74) is 0.547.